The molecule has 2 aromatic heterocycles. The number of likely N-dealkylation sites (tertiary alicyclic amines) is 1. The number of carbonyl (C=O) groups excluding carboxylic acids is 1. The van der Waals surface area contributed by atoms with Gasteiger partial charge in [0.15, 0.2) is 5.69 Å². The fraction of sp³-hybridized carbons (Fsp3) is 0.391. The van der Waals surface area contributed by atoms with Gasteiger partial charge in [-0.15, -0.1) is 0 Å². The van der Waals surface area contributed by atoms with Crippen LogP contribution in [0.15, 0.2) is 42.6 Å². The standard InChI is InChI=1S/C23H26Cl2N4O/c24-18-8-6-17(7-9-18)14-26-15-20-22(27-21-11-10-19(25)16-29(20)21)23(30)28-12-4-2-1-3-5-13-28/h6-11,16,26H,1-5,12-15H2. The number of hydrogen-bond acceptors (Lipinski definition) is 3. The van der Waals surface area contributed by atoms with E-state index in [0.29, 0.717) is 23.8 Å². The van der Waals surface area contributed by atoms with E-state index in [-0.39, 0.29) is 5.91 Å². The molecule has 4 rings (SSSR count). The lowest BCUT2D eigenvalue weighted by molar-refractivity contribution is 0.0735. The maximum absolute atomic E-state index is 13.4. The van der Waals surface area contributed by atoms with Crippen LogP contribution in [0.25, 0.3) is 5.65 Å². The van der Waals surface area contributed by atoms with Gasteiger partial charge in [0.2, 0.25) is 0 Å². The van der Waals surface area contributed by atoms with Crippen molar-refractivity contribution >= 4 is 34.8 Å². The Morgan fingerprint density at radius 1 is 0.900 bits per heavy atom. The number of amides is 1. The molecular weight excluding hydrogens is 419 g/mol. The first kappa shape index (κ1) is 21.2. The summed E-state index contributed by atoms with van der Waals surface area (Å²) in [5, 5.41) is 4.77. The minimum Gasteiger partial charge on any atom is -0.337 e. The minimum absolute atomic E-state index is 0.0139. The van der Waals surface area contributed by atoms with E-state index in [9.17, 15) is 4.79 Å². The van der Waals surface area contributed by atoms with Gasteiger partial charge in [-0.2, -0.15) is 0 Å². The molecule has 0 atom stereocenters. The van der Waals surface area contributed by atoms with E-state index >= 15 is 0 Å². The number of halogens is 2. The van der Waals surface area contributed by atoms with Crippen molar-refractivity contribution in [2.24, 2.45) is 0 Å². The molecule has 3 aromatic rings. The summed E-state index contributed by atoms with van der Waals surface area (Å²) in [5.41, 5.74) is 3.22. The van der Waals surface area contributed by atoms with E-state index in [2.05, 4.69) is 10.3 Å². The quantitative estimate of drug-likeness (QED) is 0.577. The van der Waals surface area contributed by atoms with Gasteiger partial charge in [-0.05, 0) is 42.7 Å². The normalized spacial score (nSPS) is 15.2. The van der Waals surface area contributed by atoms with Gasteiger partial charge in [0, 0.05) is 37.4 Å². The van der Waals surface area contributed by atoms with Crippen molar-refractivity contribution < 1.29 is 4.79 Å². The van der Waals surface area contributed by atoms with Crippen molar-refractivity contribution in [3.05, 3.63) is 69.6 Å². The van der Waals surface area contributed by atoms with Gasteiger partial charge in [-0.25, -0.2) is 4.98 Å². The van der Waals surface area contributed by atoms with E-state index in [4.69, 9.17) is 23.2 Å². The van der Waals surface area contributed by atoms with Gasteiger partial charge in [0.1, 0.15) is 5.65 Å². The molecule has 1 fully saturated rings. The number of imidazole rings is 1. The summed E-state index contributed by atoms with van der Waals surface area (Å²) in [4.78, 5) is 20.0. The Hall–Kier alpha value is -2.08. The molecule has 0 aliphatic carbocycles. The molecule has 0 radical (unpaired) electrons. The molecule has 5 nitrogen and oxygen atoms in total. The van der Waals surface area contributed by atoms with E-state index in [0.717, 1.165) is 47.9 Å². The topological polar surface area (TPSA) is 49.6 Å². The zero-order valence-corrected chi connectivity index (χ0v) is 18.4. The van der Waals surface area contributed by atoms with Crippen LogP contribution in [0.5, 0.6) is 0 Å². The first-order valence-electron chi connectivity index (χ1n) is 10.5. The summed E-state index contributed by atoms with van der Waals surface area (Å²) in [5.74, 6) is 0.0139. The lowest BCUT2D eigenvalue weighted by Gasteiger charge is -2.24. The Kier molecular flexibility index (Phi) is 6.93. The summed E-state index contributed by atoms with van der Waals surface area (Å²) in [6.07, 6.45) is 7.55. The van der Waals surface area contributed by atoms with Gasteiger partial charge in [-0.3, -0.25) is 4.79 Å². The molecule has 1 saturated heterocycles. The van der Waals surface area contributed by atoms with Crippen LogP contribution in [0.1, 0.15) is 53.8 Å². The molecule has 3 heterocycles. The number of hydrogen-bond donors (Lipinski definition) is 1. The molecule has 0 spiro atoms. The first-order chi connectivity index (χ1) is 14.6. The van der Waals surface area contributed by atoms with Crippen LogP contribution in [-0.4, -0.2) is 33.3 Å². The Balaban J connectivity index is 1.58. The second-order valence-corrected chi connectivity index (χ2v) is 8.65. The van der Waals surface area contributed by atoms with Gasteiger partial charge < -0.3 is 14.6 Å². The lowest BCUT2D eigenvalue weighted by Crippen LogP contribution is -2.35. The van der Waals surface area contributed by atoms with Gasteiger partial charge >= 0.3 is 0 Å². The number of rotatable bonds is 5. The third kappa shape index (κ3) is 4.97. The van der Waals surface area contributed by atoms with Crippen molar-refractivity contribution in [1.29, 1.82) is 0 Å². The fourth-order valence-electron chi connectivity index (χ4n) is 3.94. The van der Waals surface area contributed by atoms with Gasteiger partial charge in [0.05, 0.1) is 10.7 Å². The number of nitrogens with zero attached hydrogens (tertiary/aromatic N) is 3. The maximum atomic E-state index is 13.4. The van der Waals surface area contributed by atoms with Crippen LogP contribution in [0.3, 0.4) is 0 Å². The minimum atomic E-state index is 0.0139. The molecule has 1 N–H and O–H groups in total. The monoisotopic (exact) mass is 444 g/mol. The van der Waals surface area contributed by atoms with E-state index in [1.807, 2.05) is 45.8 Å². The van der Waals surface area contributed by atoms with E-state index < -0.39 is 0 Å². The van der Waals surface area contributed by atoms with Crippen molar-refractivity contribution in [2.45, 2.75) is 45.2 Å². The Morgan fingerprint density at radius 2 is 1.57 bits per heavy atom. The van der Waals surface area contributed by atoms with Crippen molar-refractivity contribution in [3.63, 3.8) is 0 Å². The van der Waals surface area contributed by atoms with Crippen molar-refractivity contribution in [3.8, 4) is 0 Å². The van der Waals surface area contributed by atoms with Crippen molar-refractivity contribution in [2.75, 3.05) is 13.1 Å². The predicted molar refractivity (Wildman–Crippen MR) is 121 cm³/mol. The molecule has 0 saturated carbocycles. The zero-order chi connectivity index (χ0) is 20.9. The first-order valence-corrected chi connectivity index (χ1v) is 11.3. The summed E-state index contributed by atoms with van der Waals surface area (Å²) >= 11 is 12.2. The average molecular weight is 445 g/mol. The summed E-state index contributed by atoms with van der Waals surface area (Å²) in [6, 6.07) is 11.4. The fourth-order valence-corrected chi connectivity index (χ4v) is 4.22. The number of nitrogens with one attached hydrogen (secondary N) is 1. The van der Waals surface area contributed by atoms with Crippen LogP contribution in [-0.2, 0) is 13.1 Å². The highest BCUT2D eigenvalue weighted by Crippen LogP contribution is 2.20. The number of pyridine rings is 1. The van der Waals surface area contributed by atoms with Crippen LogP contribution < -0.4 is 5.32 Å². The summed E-state index contributed by atoms with van der Waals surface area (Å²) < 4.78 is 1.93. The van der Waals surface area contributed by atoms with E-state index in [1.165, 1.54) is 19.3 Å². The highest BCUT2D eigenvalue weighted by Gasteiger charge is 2.24. The summed E-state index contributed by atoms with van der Waals surface area (Å²) in [6.45, 7) is 2.78. The Labute approximate surface area is 187 Å². The molecule has 1 aromatic carbocycles. The van der Waals surface area contributed by atoms with Crippen molar-refractivity contribution in [1.82, 2.24) is 19.6 Å². The second kappa shape index (κ2) is 9.82. The Morgan fingerprint density at radius 3 is 2.30 bits per heavy atom. The molecule has 1 aliphatic heterocycles. The van der Waals surface area contributed by atoms with E-state index in [1.54, 1.807) is 6.07 Å². The van der Waals surface area contributed by atoms with Crippen LogP contribution >= 0.6 is 23.2 Å². The number of fused-ring (bicyclic) bond motifs is 1. The number of carbonyl (C=O) groups is 1. The van der Waals surface area contributed by atoms with Crippen LogP contribution in [0.4, 0.5) is 0 Å². The third-order valence-electron chi connectivity index (χ3n) is 5.56. The molecule has 0 unspecified atom stereocenters. The van der Waals surface area contributed by atoms with Gasteiger partial charge in [0.25, 0.3) is 5.91 Å². The number of aromatic nitrogens is 2. The molecule has 7 heteroatoms. The van der Waals surface area contributed by atoms with Crippen LogP contribution in [0, 0.1) is 0 Å². The third-order valence-corrected chi connectivity index (χ3v) is 6.04. The second-order valence-electron chi connectivity index (χ2n) is 7.77. The van der Waals surface area contributed by atoms with Crippen LogP contribution in [0.2, 0.25) is 10.0 Å². The molecular formula is C23H26Cl2N4O. The largest absolute Gasteiger partial charge is 0.337 e. The zero-order valence-electron chi connectivity index (χ0n) is 16.9. The molecule has 30 heavy (non-hydrogen) atoms. The number of benzene rings is 1. The molecule has 0 bridgehead atoms. The average Bonchev–Trinajstić information content (AvgIpc) is 3.07. The Bertz CT molecular complexity index is 1010. The SMILES string of the molecule is O=C(c1nc2ccc(Cl)cn2c1CNCc1ccc(Cl)cc1)N1CCCCCCC1. The molecule has 1 amide bonds. The molecule has 1 aliphatic rings. The van der Waals surface area contributed by atoms with Gasteiger partial charge in [-0.1, -0.05) is 54.6 Å². The highest BCUT2D eigenvalue weighted by atomic mass is 35.5. The predicted octanol–water partition coefficient (Wildman–Crippen LogP) is 5.34. The lowest BCUT2D eigenvalue weighted by atomic mass is 10.1. The highest BCUT2D eigenvalue weighted by molar-refractivity contribution is 6.30. The molecule has 158 valence electrons. The maximum Gasteiger partial charge on any atom is 0.274 e. The smallest absolute Gasteiger partial charge is 0.274 e. The summed E-state index contributed by atoms with van der Waals surface area (Å²) in [7, 11) is 0.